The number of fused-ring (bicyclic) bond motifs is 1. The zero-order valence-electron chi connectivity index (χ0n) is 17.4. The zero-order chi connectivity index (χ0) is 20.4. The summed E-state index contributed by atoms with van der Waals surface area (Å²) in [6, 6.07) is 0. The van der Waals surface area contributed by atoms with E-state index in [1.54, 1.807) is 23.6 Å². The third kappa shape index (κ3) is 3.77. The van der Waals surface area contributed by atoms with Crippen LogP contribution in [-0.4, -0.2) is 52.4 Å². The molecular weight excluding hydrogens is 362 g/mol. The van der Waals surface area contributed by atoms with Crippen molar-refractivity contribution in [2.24, 2.45) is 7.05 Å². The molecule has 0 radical (unpaired) electrons. The second kappa shape index (κ2) is 8.32. The van der Waals surface area contributed by atoms with Crippen LogP contribution in [0.5, 0.6) is 5.88 Å². The molecule has 2 atom stereocenters. The van der Waals surface area contributed by atoms with E-state index in [2.05, 4.69) is 15.5 Å². The summed E-state index contributed by atoms with van der Waals surface area (Å²) in [6.45, 7) is 7.18. The first kappa shape index (κ1) is 20.3. The summed E-state index contributed by atoms with van der Waals surface area (Å²) >= 11 is 0. The van der Waals surface area contributed by atoms with E-state index in [1.807, 2.05) is 27.8 Å². The SMILES string of the molecule is COCCn1nc2c(c1C(=O)NCc1c(C)nn(C)c1OC)C[C@H](C)O[C@@H]2C. The molecule has 0 bridgehead atoms. The lowest BCUT2D eigenvalue weighted by Crippen LogP contribution is -2.29. The molecular formula is C19H29N5O4. The van der Waals surface area contributed by atoms with Crippen LogP contribution >= 0.6 is 0 Å². The topological polar surface area (TPSA) is 92.4 Å². The van der Waals surface area contributed by atoms with Crippen LogP contribution in [0.15, 0.2) is 0 Å². The molecule has 28 heavy (non-hydrogen) atoms. The van der Waals surface area contributed by atoms with E-state index in [-0.39, 0.29) is 18.1 Å². The van der Waals surface area contributed by atoms with Gasteiger partial charge in [0.15, 0.2) is 0 Å². The standard InChI is InChI=1S/C19H29N5O4/c1-11-9-14-16(13(3)28-11)22-24(7-8-26-5)17(14)18(25)20-10-15-12(2)21-23(4)19(15)27-6/h11,13H,7-10H2,1-6H3,(H,20,25)/t11-,13+/m0/s1. The molecule has 0 fully saturated rings. The monoisotopic (exact) mass is 391 g/mol. The van der Waals surface area contributed by atoms with Gasteiger partial charge >= 0.3 is 0 Å². The molecule has 1 aliphatic rings. The Morgan fingerprint density at radius 2 is 2.07 bits per heavy atom. The van der Waals surface area contributed by atoms with Gasteiger partial charge in [0.2, 0.25) is 5.88 Å². The van der Waals surface area contributed by atoms with Gasteiger partial charge in [0.25, 0.3) is 5.91 Å². The van der Waals surface area contributed by atoms with Crippen molar-refractivity contribution in [3.8, 4) is 5.88 Å². The summed E-state index contributed by atoms with van der Waals surface area (Å²) < 4.78 is 19.9. The van der Waals surface area contributed by atoms with Crippen LogP contribution in [0.2, 0.25) is 0 Å². The minimum atomic E-state index is -0.170. The number of aromatic nitrogens is 4. The minimum Gasteiger partial charge on any atom is -0.481 e. The van der Waals surface area contributed by atoms with E-state index >= 15 is 0 Å². The molecule has 0 saturated carbocycles. The van der Waals surface area contributed by atoms with Crippen molar-refractivity contribution in [3.05, 3.63) is 28.2 Å². The molecule has 9 heteroatoms. The molecule has 1 amide bonds. The second-order valence-corrected chi connectivity index (χ2v) is 7.10. The third-order valence-corrected chi connectivity index (χ3v) is 5.02. The second-order valence-electron chi connectivity index (χ2n) is 7.10. The lowest BCUT2D eigenvalue weighted by Gasteiger charge is -2.24. The largest absolute Gasteiger partial charge is 0.481 e. The minimum absolute atomic E-state index is 0.0368. The van der Waals surface area contributed by atoms with Crippen LogP contribution in [0.3, 0.4) is 0 Å². The lowest BCUT2D eigenvalue weighted by molar-refractivity contribution is -0.00716. The van der Waals surface area contributed by atoms with Crippen LogP contribution in [0.4, 0.5) is 0 Å². The van der Waals surface area contributed by atoms with Gasteiger partial charge in [-0.25, -0.2) is 4.68 Å². The number of rotatable bonds is 7. The molecule has 1 aliphatic heterocycles. The van der Waals surface area contributed by atoms with Gasteiger partial charge in [0.05, 0.1) is 56.0 Å². The van der Waals surface area contributed by atoms with Crippen molar-refractivity contribution in [3.63, 3.8) is 0 Å². The van der Waals surface area contributed by atoms with E-state index in [4.69, 9.17) is 14.2 Å². The number of nitrogens with one attached hydrogen (secondary N) is 1. The number of carbonyl (C=O) groups excluding carboxylic acids is 1. The van der Waals surface area contributed by atoms with Crippen molar-refractivity contribution in [1.29, 1.82) is 0 Å². The summed E-state index contributed by atoms with van der Waals surface area (Å²) in [7, 11) is 5.05. The Morgan fingerprint density at radius 1 is 1.32 bits per heavy atom. The Morgan fingerprint density at radius 3 is 2.75 bits per heavy atom. The summed E-state index contributed by atoms with van der Waals surface area (Å²) in [5.74, 6) is 0.472. The quantitative estimate of drug-likeness (QED) is 0.770. The van der Waals surface area contributed by atoms with Crippen molar-refractivity contribution in [2.75, 3.05) is 20.8 Å². The van der Waals surface area contributed by atoms with Crippen LogP contribution in [0, 0.1) is 6.92 Å². The summed E-state index contributed by atoms with van der Waals surface area (Å²) in [4.78, 5) is 13.1. The fraction of sp³-hybridized carbons (Fsp3) is 0.632. The maximum atomic E-state index is 13.1. The number of aryl methyl sites for hydroxylation is 2. The van der Waals surface area contributed by atoms with Crippen LogP contribution < -0.4 is 10.1 Å². The summed E-state index contributed by atoms with van der Waals surface area (Å²) in [6.07, 6.45) is 0.550. The zero-order valence-corrected chi connectivity index (χ0v) is 17.4. The Labute approximate surface area is 164 Å². The fourth-order valence-corrected chi connectivity index (χ4v) is 3.78. The normalized spacial score (nSPS) is 18.8. The van der Waals surface area contributed by atoms with E-state index in [9.17, 15) is 4.79 Å². The Hall–Kier alpha value is -2.39. The molecule has 3 rings (SSSR count). The molecule has 0 aliphatic carbocycles. The predicted molar refractivity (Wildman–Crippen MR) is 102 cm³/mol. The number of nitrogens with zero attached hydrogens (tertiary/aromatic N) is 4. The molecule has 1 N–H and O–H groups in total. The first-order valence-electron chi connectivity index (χ1n) is 9.45. The highest BCUT2D eigenvalue weighted by Crippen LogP contribution is 2.31. The van der Waals surface area contributed by atoms with E-state index in [0.29, 0.717) is 37.7 Å². The van der Waals surface area contributed by atoms with Gasteiger partial charge in [0.1, 0.15) is 5.69 Å². The fourth-order valence-electron chi connectivity index (χ4n) is 3.78. The van der Waals surface area contributed by atoms with Gasteiger partial charge in [-0.2, -0.15) is 10.2 Å². The maximum absolute atomic E-state index is 13.1. The van der Waals surface area contributed by atoms with Gasteiger partial charge in [-0.1, -0.05) is 0 Å². The molecule has 0 aromatic carbocycles. The van der Waals surface area contributed by atoms with Gasteiger partial charge < -0.3 is 19.5 Å². The highest BCUT2D eigenvalue weighted by molar-refractivity contribution is 5.94. The molecule has 9 nitrogen and oxygen atoms in total. The van der Waals surface area contributed by atoms with Crippen molar-refractivity contribution in [1.82, 2.24) is 24.9 Å². The molecule has 0 saturated heterocycles. The van der Waals surface area contributed by atoms with E-state index < -0.39 is 0 Å². The third-order valence-electron chi connectivity index (χ3n) is 5.02. The first-order chi connectivity index (χ1) is 13.4. The van der Waals surface area contributed by atoms with Gasteiger partial charge in [-0.15, -0.1) is 0 Å². The number of amides is 1. The van der Waals surface area contributed by atoms with Crippen LogP contribution in [0.1, 0.15) is 53.0 Å². The maximum Gasteiger partial charge on any atom is 0.270 e. The van der Waals surface area contributed by atoms with E-state index in [1.165, 1.54) is 0 Å². The molecule has 0 unspecified atom stereocenters. The van der Waals surface area contributed by atoms with Crippen molar-refractivity contribution < 1.29 is 19.0 Å². The number of carbonyl (C=O) groups is 1. The Bertz CT molecular complexity index is 857. The van der Waals surface area contributed by atoms with Gasteiger partial charge in [0, 0.05) is 26.1 Å². The van der Waals surface area contributed by atoms with Crippen molar-refractivity contribution >= 4 is 5.91 Å². The molecule has 154 valence electrons. The lowest BCUT2D eigenvalue weighted by atomic mass is 9.99. The molecule has 2 aromatic heterocycles. The first-order valence-corrected chi connectivity index (χ1v) is 9.45. The average molecular weight is 391 g/mol. The smallest absolute Gasteiger partial charge is 0.270 e. The number of hydrogen-bond acceptors (Lipinski definition) is 6. The van der Waals surface area contributed by atoms with E-state index in [0.717, 1.165) is 22.5 Å². The molecule has 3 heterocycles. The molecule has 0 spiro atoms. The number of ether oxygens (including phenoxy) is 3. The highest BCUT2D eigenvalue weighted by atomic mass is 16.5. The average Bonchev–Trinajstić information content (AvgIpc) is 3.14. The van der Waals surface area contributed by atoms with Gasteiger partial charge in [-0.3, -0.25) is 9.48 Å². The van der Waals surface area contributed by atoms with Crippen LogP contribution in [0.25, 0.3) is 0 Å². The number of methoxy groups -OCH3 is 2. The Balaban J connectivity index is 1.88. The summed E-state index contributed by atoms with van der Waals surface area (Å²) in [5, 5.41) is 12.0. The van der Waals surface area contributed by atoms with Crippen molar-refractivity contribution in [2.45, 2.75) is 52.5 Å². The Kier molecular flexibility index (Phi) is 6.04. The molecule has 2 aromatic rings. The summed E-state index contributed by atoms with van der Waals surface area (Å²) in [5.41, 5.74) is 4.05. The highest BCUT2D eigenvalue weighted by Gasteiger charge is 2.32. The van der Waals surface area contributed by atoms with Gasteiger partial charge in [-0.05, 0) is 20.8 Å². The van der Waals surface area contributed by atoms with Crippen LogP contribution in [-0.2, 0) is 36.0 Å². The predicted octanol–water partition coefficient (Wildman–Crippen LogP) is 1.53. The number of hydrogen-bond donors (Lipinski definition) is 1.